The Hall–Kier alpha value is -2.70. The number of hydrogen-bond acceptors (Lipinski definition) is 5. The Balaban J connectivity index is 2.37. The maximum atomic E-state index is 12.6. The van der Waals surface area contributed by atoms with Crippen LogP contribution in [0.1, 0.15) is 36.8 Å². The van der Waals surface area contributed by atoms with Crippen LogP contribution in [-0.2, 0) is 9.53 Å². The van der Waals surface area contributed by atoms with Crippen LogP contribution in [0.15, 0.2) is 29.2 Å². The number of amides is 1. The molecule has 2 aromatic heterocycles. The molecule has 0 aliphatic carbocycles. The highest BCUT2D eigenvalue weighted by Crippen LogP contribution is 2.07. The van der Waals surface area contributed by atoms with Crippen molar-refractivity contribution in [1.82, 2.24) is 14.7 Å². The van der Waals surface area contributed by atoms with Crippen molar-refractivity contribution in [2.75, 3.05) is 6.61 Å². The van der Waals surface area contributed by atoms with Crippen LogP contribution in [0.4, 0.5) is 0 Å². The second kappa shape index (κ2) is 7.25. The fourth-order valence-electron chi connectivity index (χ4n) is 2.38. The summed E-state index contributed by atoms with van der Waals surface area (Å²) in [7, 11) is 0. The molecule has 1 amide bonds. The van der Waals surface area contributed by atoms with E-state index in [2.05, 4.69) is 10.3 Å². The van der Waals surface area contributed by atoms with Crippen LogP contribution in [0.5, 0.6) is 0 Å². The number of ether oxygens (including phenoxy) is 1. The van der Waals surface area contributed by atoms with Gasteiger partial charge in [-0.1, -0.05) is 19.9 Å². The van der Waals surface area contributed by atoms with Gasteiger partial charge in [-0.05, 0) is 31.9 Å². The van der Waals surface area contributed by atoms with Crippen molar-refractivity contribution < 1.29 is 14.3 Å². The molecular formula is C17H21N3O4. The molecule has 0 spiro atoms. The molecule has 2 aromatic rings. The van der Waals surface area contributed by atoms with Crippen LogP contribution in [0.3, 0.4) is 0 Å². The normalized spacial score (nSPS) is 12.2. The summed E-state index contributed by atoms with van der Waals surface area (Å²) in [6.45, 7) is 7.25. The first-order valence-electron chi connectivity index (χ1n) is 7.81. The lowest BCUT2D eigenvalue weighted by molar-refractivity contribution is -0.146. The van der Waals surface area contributed by atoms with Crippen molar-refractivity contribution in [1.29, 1.82) is 0 Å². The maximum absolute atomic E-state index is 12.6. The minimum atomic E-state index is -0.825. The lowest BCUT2D eigenvalue weighted by Crippen LogP contribution is -2.46. The predicted octanol–water partition coefficient (Wildman–Crippen LogP) is 1.32. The number of carbonyl (C=O) groups is 2. The largest absolute Gasteiger partial charge is 0.464 e. The van der Waals surface area contributed by atoms with Gasteiger partial charge in [0.2, 0.25) is 0 Å². The van der Waals surface area contributed by atoms with E-state index in [4.69, 9.17) is 4.74 Å². The van der Waals surface area contributed by atoms with E-state index < -0.39 is 23.5 Å². The molecule has 7 heteroatoms. The molecule has 0 aliphatic heterocycles. The SMILES string of the molecule is CCOC(=O)C(NC(=O)c1cnc2cccc(C)n2c1=O)C(C)C. The zero-order chi connectivity index (χ0) is 17.9. The van der Waals surface area contributed by atoms with E-state index in [1.165, 1.54) is 10.6 Å². The van der Waals surface area contributed by atoms with Crippen LogP contribution >= 0.6 is 0 Å². The van der Waals surface area contributed by atoms with Gasteiger partial charge in [-0.2, -0.15) is 0 Å². The lowest BCUT2D eigenvalue weighted by atomic mass is 10.0. The second-order valence-electron chi connectivity index (χ2n) is 5.78. The Kier molecular flexibility index (Phi) is 5.33. The van der Waals surface area contributed by atoms with Crippen LogP contribution in [0, 0.1) is 12.8 Å². The molecule has 0 aliphatic rings. The number of fused-ring (bicyclic) bond motifs is 1. The van der Waals surface area contributed by atoms with Gasteiger partial charge in [0, 0.05) is 11.9 Å². The first-order valence-corrected chi connectivity index (χ1v) is 7.81. The summed E-state index contributed by atoms with van der Waals surface area (Å²) in [6.07, 6.45) is 1.23. The van der Waals surface area contributed by atoms with Gasteiger partial charge in [0.05, 0.1) is 6.61 Å². The van der Waals surface area contributed by atoms with Gasteiger partial charge in [0.25, 0.3) is 11.5 Å². The molecule has 0 saturated carbocycles. The van der Waals surface area contributed by atoms with E-state index in [1.807, 2.05) is 0 Å². The second-order valence-corrected chi connectivity index (χ2v) is 5.78. The van der Waals surface area contributed by atoms with Crippen molar-refractivity contribution in [3.8, 4) is 0 Å². The van der Waals surface area contributed by atoms with Gasteiger partial charge in [-0.25, -0.2) is 9.78 Å². The Morgan fingerprint density at radius 1 is 1.33 bits per heavy atom. The topological polar surface area (TPSA) is 89.8 Å². The zero-order valence-electron chi connectivity index (χ0n) is 14.2. The highest BCUT2D eigenvalue weighted by Gasteiger charge is 2.27. The number of aryl methyl sites for hydroxylation is 1. The summed E-state index contributed by atoms with van der Waals surface area (Å²) in [6, 6.07) is 4.40. The number of pyridine rings is 1. The molecule has 1 N–H and O–H groups in total. The molecule has 0 fully saturated rings. The number of esters is 1. The minimum Gasteiger partial charge on any atom is -0.464 e. The minimum absolute atomic E-state index is 0.114. The van der Waals surface area contributed by atoms with E-state index in [0.717, 1.165) is 0 Å². The summed E-state index contributed by atoms with van der Waals surface area (Å²) in [4.78, 5) is 41.2. The highest BCUT2D eigenvalue weighted by molar-refractivity contribution is 5.96. The Bertz CT molecular complexity index is 826. The third-order valence-corrected chi connectivity index (χ3v) is 3.66. The predicted molar refractivity (Wildman–Crippen MR) is 88.9 cm³/mol. The number of nitrogens with one attached hydrogen (secondary N) is 1. The molecule has 0 bridgehead atoms. The van der Waals surface area contributed by atoms with E-state index in [9.17, 15) is 14.4 Å². The third-order valence-electron chi connectivity index (χ3n) is 3.66. The molecule has 7 nitrogen and oxygen atoms in total. The Labute approximate surface area is 139 Å². The monoisotopic (exact) mass is 331 g/mol. The van der Waals surface area contributed by atoms with Gasteiger partial charge in [0.1, 0.15) is 17.3 Å². The standard InChI is InChI=1S/C17H21N3O4/c1-5-24-17(23)14(10(2)3)19-15(21)12-9-18-13-8-6-7-11(4)20(13)16(12)22/h6-10,14H,5H2,1-4H3,(H,19,21). The average Bonchev–Trinajstić information content (AvgIpc) is 2.52. The van der Waals surface area contributed by atoms with Gasteiger partial charge in [-0.15, -0.1) is 0 Å². The molecule has 0 radical (unpaired) electrons. The van der Waals surface area contributed by atoms with E-state index in [1.54, 1.807) is 45.9 Å². The van der Waals surface area contributed by atoms with Crippen molar-refractivity contribution in [3.63, 3.8) is 0 Å². The molecule has 128 valence electrons. The Morgan fingerprint density at radius 3 is 2.67 bits per heavy atom. The average molecular weight is 331 g/mol. The molecule has 2 heterocycles. The molecule has 0 aromatic carbocycles. The lowest BCUT2D eigenvalue weighted by Gasteiger charge is -2.20. The fraction of sp³-hybridized carbons (Fsp3) is 0.412. The van der Waals surface area contributed by atoms with Crippen LogP contribution in [0.2, 0.25) is 0 Å². The summed E-state index contributed by atoms with van der Waals surface area (Å²) in [5.41, 5.74) is 0.548. The first-order chi connectivity index (χ1) is 11.4. The molecule has 2 rings (SSSR count). The van der Waals surface area contributed by atoms with Gasteiger partial charge in [-0.3, -0.25) is 14.0 Å². The third kappa shape index (κ3) is 3.45. The van der Waals surface area contributed by atoms with Gasteiger partial charge >= 0.3 is 5.97 Å². The van der Waals surface area contributed by atoms with E-state index in [-0.39, 0.29) is 18.1 Å². The molecule has 0 saturated heterocycles. The van der Waals surface area contributed by atoms with E-state index >= 15 is 0 Å². The van der Waals surface area contributed by atoms with Crippen LogP contribution < -0.4 is 10.9 Å². The highest BCUT2D eigenvalue weighted by atomic mass is 16.5. The quantitative estimate of drug-likeness (QED) is 0.835. The number of hydrogen-bond donors (Lipinski definition) is 1. The smallest absolute Gasteiger partial charge is 0.328 e. The van der Waals surface area contributed by atoms with Crippen LogP contribution in [-0.4, -0.2) is 33.9 Å². The van der Waals surface area contributed by atoms with Crippen molar-refractivity contribution in [2.24, 2.45) is 5.92 Å². The van der Waals surface area contributed by atoms with Crippen LogP contribution in [0.25, 0.3) is 5.65 Å². The summed E-state index contributed by atoms with van der Waals surface area (Å²) in [5.74, 6) is -1.34. The summed E-state index contributed by atoms with van der Waals surface area (Å²) in [5, 5.41) is 2.58. The molecule has 1 atom stereocenters. The summed E-state index contributed by atoms with van der Waals surface area (Å²) < 4.78 is 6.33. The first kappa shape index (κ1) is 17.7. The number of nitrogens with zero attached hydrogens (tertiary/aromatic N) is 2. The molecule has 1 unspecified atom stereocenters. The fourth-order valence-corrected chi connectivity index (χ4v) is 2.38. The molecule has 24 heavy (non-hydrogen) atoms. The van der Waals surface area contributed by atoms with Crippen molar-refractivity contribution >= 4 is 17.5 Å². The van der Waals surface area contributed by atoms with Gasteiger partial charge < -0.3 is 10.1 Å². The number of carbonyl (C=O) groups excluding carboxylic acids is 2. The van der Waals surface area contributed by atoms with Crippen molar-refractivity contribution in [3.05, 3.63) is 46.0 Å². The zero-order valence-corrected chi connectivity index (χ0v) is 14.2. The molecular weight excluding hydrogens is 310 g/mol. The van der Waals surface area contributed by atoms with Crippen molar-refractivity contribution in [2.45, 2.75) is 33.7 Å². The Morgan fingerprint density at radius 2 is 2.04 bits per heavy atom. The summed E-state index contributed by atoms with van der Waals surface area (Å²) >= 11 is 0. The maximum Gasteiger partial charge on any atom is 0.328 e. The number of rotatable bonds is 5. The van der Waals surface area contributed by atoms with E-state index in [0.29, 0.717) is 11.3 Å². The van der Waals surface area contributed by atoms with Gasteiger partial charge in [0.15, 0.2) is 0 Å². The number of aromatic nitrogens is 2.